The molecule has 6 heteroatoms. The van der Waals surface area contributed by atoms with Crippen LogP contribution in [-0.4, -0.2) is 26.1 Å². The predicted molar refractivity (Wildman–Crippen MR) is 67.4 cm³/mol. The van der Waals surface area contributed by atoms with E-state index in [1.54, 1.807) is 28.8 Å². The highest BCUT2D eigenvalue weighted by molar-refractivity contribution is 5.46. The van der Waals surface area contributed by atoms with E-state index in [4.69, 9.17) is 0 Å². The highest BCUT2D eigenvalue weighted by atomic mass is 19.3. The number of nitrogens with zero attached hydrogens (tertiary/aromatic N) is 2. The molecule has 0 saturated heterocycles. The number of pyridine rings is 1. The van der Waals surface area contributed by atoms with Gasteiger partial charge in [0.25, 0.3) is 0 Å². The smallest absolute Gasteiger partial charge is 0.248 e. The maximum atomic E-state index is 14.8. The number of rotatable bonds is 2. The molecular weight excluding hydrogens is 269 g/mol. The summed E-state index contributed by atoms with van der Waals surface area (Å²) in [6, 6.07) is 5.06. The molecule has 2 aromatic rings. The maximum Gasteiger partial charge on any atom is 0.248 e. The van der Waals surface area contributed by atoms with Crippen molar-refractivity contribution in [1.29, 1.82) is 0 Å². The molecule has 0 aromatic carbocycles. The van der Waals surface area contributed by atoms with Crippen LogP contribution in [0.2, 0.25) is 0 Å². The van der Waals surface area contributed by atoms with Crippen molar-refractivity contribution in [1.82, 2.24) is 9.38 Å². The van der Waals surface area contributed by atoms with Crippen molar-refractivity contribution in [2.75, 3.05) is 0 Å². The van der Waals surface area contributed by atoms with Gasteiger partial charge in [-0.2, -0.15) is 0 Å². The molecule has 1 fully saturated rings. The van der Waals surface area contributed by atoms with Crippen LogP contribution in [0.1, 0.15) is 37.5 Å². The zero-order valence-corrected chi connectivity index (χ0v) is 10.8. The van der Waals surface area contributed by atoms with Gasteiger partial charge in [0.15, 0.2) is 0 Å². The Kier molecular flexibility index (Phi) is 3.01. The van der Waals surface area contributed by atoms with Crippen LogP contribution in [0.3, 0.4) is 0 Å². The predicted octanol–water partition coefficient (Wildman–Crippen LogP) is 3.29. The lowest BCUT2D eigenvalue weighted by molar-refractivity contribution is -0.114. The normalized spacial score (nSPS) is 22.8. The van der Waals surface area contributed by atoms with Crippen LogP contribution >= 0.6 is 0 Å². The molecule has 1 unspecified atom stereocenters. The Morgan fingerprint density at radius 1 is 1.15 bits per heavy atom. The van der Waals surface area contributed by atoms with E-state index in [9.17, 15) is 18.3 Å². The number of imidazole rings is 1. The third-order valence-corrected chi connectivity index (χ3v) is 4.06. The standard InChI is InChI=1S/C14H15F3N2O/c15-13(4-6-14(16,17)7-5-13)12(20)11-3-1-2-10-8-18-9-19(10)11/h1-3,8-9,12,20H,4-7H2. The van der Waals surface area contributed by atoms with E-state index < -0.39 is 30.5 Å². The van der Waals surface area contributed by atoms with Gasteiger partial charge in [-0.1, -0.05) is 6.07 Å². The average Bonchev–Trinajstić information content (AvgIpc) is 2.90. The number of aliphatic hydroxyl groups is 1. The maximum absolute atomic E-state index is 14.8. The highest BCUT2D eigenvalue weighted by Gasteiger charge is 2.48. The van der Waals surface area contributed by atoms with Crippen molar-refractivity contribution in [2.24, 2.45) is 0 Å². The lowest BCUT2D eigenvalue weighted by Gasteiger charge is -2.37. The first-order valence-corrected chi connectivity index (χ1v) is 6.57. The fourth-order valence-electron chi connectivity index (χ4n) is 2.76. The fraction of sp³-hybridized carbons (Fsp3) is 0.500. The van der Waals surface area contributed by atoms with Gasteiger partial charge >= 0.3 is 0 Å². The molecule has 0 spiro atoms. The zero-order valence-electron chi connectivity index (χ0n) is 10.8. The quantitative estimate of drug-likeness (QED) is 0.919. The summed E-state index contributed by atoms with van der Waals surface area (Å²) in [5, 5.41) is 10.3. The second-order valence-corrected chi connectivity index (χ2v) is 5.43. The van der Waals surface area contributed by atoms with Crippen molar-refractivity contribution in [3.8, 4) is 0 Å². The summed E-state index contributed by atoms with van der Waals surface area (Å²) in [6.07, 6.45) is -0.0962. The van der Waals surface area contributed by atoms with Crippen molar-refractivity contribution in [2.45, 2.75) is 43.4 Å². The van der Waals surface area contributed by atoms with Gasteiger partial charge in [0.05, 0.1) is 23.7 Å². The van der Waals surface area contributed by atoms with Gasteiger partial charge in [-0.05, 0) is 25.0 Å². The molecule has 0 aliphatic heterocycles. The number of alkyl halides is 3. The molecule has 1 aliphatic rings. The summed E-state index contributed by atoms with van der Waals surface area (Å²) >= 11 is 0. The fourth-order valence-corrected chi connectivity index (χ4v) is 2.76. The lowest BCUT2D eigenvalue weighted by atomic mass is 9.79. The van der Waals surface area contributed by atoms with Crippen LogP contribution in [0.25, 0.3) is 5.52 Å². The Labute approximate surface area is 114 Å². The minimum atomic E-state index is -2.82. The molecule has 3 nitrogen and oxygen atoms in total. The molecule has 1 atom stereocenters. The van der Waals surface area contributed by atoms with E-state index in [0.717, 1.165) is 5.52 Å². The first kappa shape index (κ1) is 13.4. The van der Waals surface area contributed by atoms with Crippen molar-refractivity contribution < 1.29 is 18.3 Å². The van der Waals surface area contributed by atoms with Gasteiger partial charge in [-0.15, -0.1) is 0 Å². The first-order chi connectivity index (χ1) is 9.41. The van der Waals surface area contributed by atoms with Crippen LogP contribution in [0.15, 0.2) is 30.7 Å². The number of fused-ring (bicyclic) bond motifs is 1. The Balaban J connectivity index is 1.92. The summed E-state index contributed by atoms with van der Waals surface area (Å²) in [5.74, 6) is -2.82. The van der Waals surface area contributed by atoms with Crippen LogP contribution in [0.5, 0.6) is 0 Å². The third kappa shape index (κ3) is 2.18. The van der Waals surface area contributed by atoms with E-state index in [0.29, 0.717) is 5.69 Å². The molecule has 2 heterocycles. The molecule has 3 rings (SSSR count). The molecule has 0 bridgehead atoms. The van der Waals surface area contributed by atoms with Gasteiger partial charge in [0.1, 0.15) is 11.8 Å². The molecular formula is C14H15F3N2O. The Bertz CT molecular complexity index is 616. The molecule has 1 saturated carbocycles. The Morgan fingerprint density at radius 3 is 2.55 bits per heavy atom. The molecule has 2 aromatic heterocycles. The van der Waals surface area contributed by atoms with Gasteiger partial charge in [-0.25, -0.2) is 18.2 Å². The lowest BCUT2D eigenvalue weighted by Crippen LogP contribution is -2.40. The van der Waals surface area contributed by atoms with Gasteiger partial charge in [0.2, 0.25) is 5.92 Å². The van der Waals surface area contributed by atoms with Crippen molar-refractivity contribution >= 4 is 5.52 Å². The third-order valence-electron chi connectivity index (χ3n) is 4.06. The van der Waals surface area contributed by atoms with E-state index in [-0.39, 0.29) is 12.8 Å². The monoisotopic (exact) mass is 284 g/mol. The van der Waals surface area contributed by atoms with Crippen LogP contribution in [0, 0.1) is 0 Å². The number of hydrogen-bond acceptors (Lipinski definition) is 2. The second kappa shape index (κ2) is 4.48. The van der Waals surface area contributed by atoms with Crippen LogP contribution < -0.4 is 0 Å². The molecule has 20 heavy (non-hydrogen) atoms. The second-order valence-electron chi connectivity index (χ2n) is 5.43. The number of aliphatic hydroxyl groups excluding tert-OH is 1. The number of halogens is 3. The summed E-state index contributed by atoms with van der Waals surface area (Å²) in [5.41, 5.74) is -0.945. The number of aromatic nitrogens is 2. The molecule has 0 amide bonds. The molecule has 0 radical (unpaired) electrons. The zero-order chi connectivity index (χ0) is 14.4. The van der Waals surface area contributed by atoms with Gasteiger partial charge in [-0.3, -0.25) is 0 Å². The molecule has 1 N–H and O–H groups in total. The summed E-state index contributed by atoms with van der Waals surface area (Å²) in [6.45, 7) is 0. The van der Waals surface area contributed by atoms with Crippen LogP contribution in [-0.2, 0) is 0 Å². The van der Waals surface area contributed by atoms with E-state index in [1.165, 1.54) is 6.33 Å². The topological polar surface area (TPSA) is 37.5 Å². The summed E-state index contributed by atoms with van der Waals surface area (Å²) < 4.78 is 42.7. The molecule has 108 valence electrons. The summed E-state index contributed by atoms with van der Waals surface area (Å²) in [4.78, 5) is 3.94. The van der Waals surface area contributed by atoms with Crippen LogP contribution in [0.4, 0.5) is 13.2 Å². The first-order valence-electron chi connectivity index (χ1n) is 6.57. The number of hydrogen-bond donors (Lipinski definition) is 1. The molecule has 1 aliphatic carbocycles. The van der Waals surface area contributed by atoms with E-state index in [2.05, 4.69) is 4.98 Å². The minimum absolute atomic E-state index is 0.340. The Hall–Kier alpha value is -1.56. The minimum Gasteiger partial charge on any atom is -0.384 e. The SMILES string of the molecule is OC(c1cccc2cncn12)C1(F)CCC(F)(F)CC1. The average molecular weight is 284 g/mol. The van der Waals surface area contributed by atoms with Crippen molar-refractivity contribution in [3.63, 3.8) is 0 Å². The van der Waals surface area contributed by atoms with E-state index >= 15 is 0 Å². The summed E-state index contributed by atoms with van der Waals surface area (Å²) in [7, 11) is 0. The Morgan fingerprint density at radius 2 is 1.85 bits per heavy atom. The van der Waals surface area contributed by atoms with Gasteiger partial charge < -0.3 is 9.51 Å². The van der Waals surface area contributed by atoms with Crippen molar-refractivity contribution in [3.05, 3.63) is 36.4 Å². The highest BCUT2D eigenvalue weighted by Crippen LogP contribution is 2.46. The van der Waals surface area contributed by atoms with E-state index in [1.807, 2.05) is 0 Å². The largest absolute Gasteiger partial charge is 0.384 e. The van der Waals surface area contributed by atoms with Gasteiger partial charge in [0, 0.05) is 12.8 Å².